The molecular weight excluding hydrogens is 248 g/mol. The van der Waals surface area contributed by atoms with E-state index in [2.05, 4.69) is 23.7 Å². The number of aliphatic hydroxyl groups is 1. The van der Waals surface area contributed by atoms with Gasteiger partial charge in [0, 0.05) is 25.5 Å². The molecule has 0 amide bonds. The number of benzene rings is 1. The van der Waals surface area contributed by atoms with E-state index in [9.17, 15) is 5.11 Å². The van der Waals surface area contributed by atoms with Gasteiger partial charge in [-0.2, -0.15) is 0 Å². The number of pyridine rings is 1. The Morgan fingerprint density at radius 3 is 2.35 bits per heavy atom. The number of likely N-dealkylation sites (N-methyl/N-ethyl adjacent to an activating group) is 1. The van der Waals surface area contributed by atoms with Crippen molar-refractivity contribution in [3.63, 3.8) is 0 Å². The molecule has 0 spiro atoms. The van der Waals surface area contributed by atoms with Gasteiger partial charge in [-0.05, 0) is 36.7 Å². The van der Waals surface area contributed by atoms with Crippen LogP contribution in [-0.2, 0) is 6.54 Å². The quantitative estimate of drug-likeness (QED) is 0.876. The Morgan fingerprint density at radius 2 is 1.75 bits per heavy atom. The zero-order valence-electron chi connectivity index (χ0n) is 12.2. The molecule has 0 bridgehead atoms. The van der Waals surface area contributed by atoms with Gasteiger partial charge in [-0.1, -0.05) is 36.8 Å². The summed E-state index contributed by atoms with van der Waals surface area (Å²) in [7, 11) is 0. The van der Waals surface area contributed by atoms with Gasteiger partial charge >= 0.3 is 0 Å². The fraction of sp³-hybridized carbons (Fsp3) is 0.353. The van der Waals surface area contributed by atoms with Crippen LogP contribution in [0.2, 0.25) is 0 Å². The second-order valence-electron chi connectivity index (χ2n) is 5.11. The molecule has 3 heteroatoms. The number of nitrogens with zero attached hydrogens (tertiary/aromatic N) is 2. The Morgan fingerprint density at radius 1 is 1.10 bits per heavy atom. The van der Waals surface area contributed by atoms with Gasteiger partial charge in [-0.25, -0.2) is 0 Å². The van der Waals surface area contributed by atoms with Crippen molar-refractivity contribution >= 4 is 0 Å². The molecule has 1 N–H and O–H groups in total. The largest absolute Gasteiger partial charge is 0.387 e. The number of aryl methyl sites for hydroxylation is 1. The summed E-state index contributed by atoms with van der Waals surface area (Å²) in [5, 5.41) is 10.3. The summed E-state index contributed by atoms with van der Waals surface area (Å²) in [5.74, 6) is 0. The average molecular weight is 270 g/mol. The number of aliphatic hydroxyl groups excluding tert-OH is 1. The predicted octanol–water partition coefficient (Wildman–Crippen LogP) is 2.95. The average Bonchev–Trinajstić information content (AvgIpc) is 2.48. The fourth-order valence-electron chi connectivity index (χ4n) is 2.19. The van der Waals surface area contributed by atoms with Gasteiger partial charge in [-0.15, -0.1) is 0 Å². The smallest absolute Gasteiger partial charge is 0.0917 e. The van der Waals surface area contributed by atoms with Crippen LogP contribution < -0.4 is 0 Å². The zero-order chi connectivity index (χ0) is 14.4. The molecule has 1 aromatic heterocycles. The predicted molar refractivity (Wildman–Crippen MR) is 81.3 cm³/mol. The lowest BCUT2D eigenvalue weighted by atomic mass is 10.1. The molecule has 0 radical (unpaired) electrons. The van der Waals surface area contributed by atoms with Crippen LogP contribution in [0.15, 0.2) is 48.8 Å². The van der Waals surface area contributed by atoms with Crippen molar-refractivity contribution in [2.75, 3.05) is 13.1 Å². The lowest BCUT2D eigenvalue weighted by Gasteiger charge is -2.24. The van der Waals surface area contributed by atoms with E-state index in [1.807, 2.05) is 36.4 Å². The van der Waals surface area contributed by atoms with Gasteiger partial charge in [-0.3, -0.25) is 9.88 Å². The molecule has 0 aliphatic rings. The van der Waals surface area contributed by atoms with E-state index in [4.69, 9.17) is 0 Å². The summed E-state index contributed by atoms with van der Waals surface area (Å²) in [5.41, 5.74) is 3.41. The molecule has 1 unspecified atom stereocenters. The molecule has 0 aliphatic heterocycles. The third kappa shape index (κ3) is 4.15. The van der Waals surface area contributed by atoms with Crippen molar-refractivity contribution < 1.29 is 5.11 Å². The highest BCUT2D eigenvalue weighted by Crippen LogP contribution is 2.16. The summed E-state index contributed by atoms with van der Waals surface area (Å²) in [6, 6.07) is 12.1. The summed E-state index contributed by atoms with van der Waals surface area (Å²) >= 11 is 0. The van der Waals surface area contributed by atoms with Crippen LogP contribution in [0.25, 0.3) is 0 Å². The van der Waals surface area contributed by atoms with Crippen molar-refractivity contribution in [3.05, 3.63) is 65.5 Å². The van der Waals surface area contributed by atoms with Gasteiger partial charge in [0.15, 0.2) is 0 Å². The lowest BCUT2D eigenvalue weighted by Crippen LogP contribution is -2.28. The maximum absolute atomic E-state index is 10.3. The highest BCUT2D eigenvalue weighted by atomic mass is 16.3. The highest BCUT2D eigenvalue weighted by molar-refractivity contribution is 5.23. The monoisotopic (exact) mass is 270 g/mol. The molecule has 106 valence electrons. The van der Waals surface area contributed by atoms with Crippen molar-refractivity contribution in [2.24, 2.45) is 0 Å². The minimum Gasteiger partial charge on any atom is -0.387 e. The third-order valence-corrected chi connectivity index (χ3v) is 3.50. The van der Waals surface area contributed by atoms with E-state index in [1.165, 1.54) is 11.1 Å². The summed E-state index contributed by atoms with van der Waals surface area (Å²) in [6.07, 6.45) is 3.16. The van der Waals surface area contributed by atoms with Crippen LogP contribution in [0.1, 0.15) is 29.7 Å². The minimum atomic E-state index is -0.447. The molecule has 20 heavy (non-hydrogen) atoms. The fourth-order valence-corrected chi connectivity index (χ4v) is 2.19. The minimum absolute atomic E-state index is 0.447. The van der Waals surface area contributed by atoms with Crippen LogP contribution >= 0.6 is 0 Å². The van der Waals surface area contributed by atoms with Crippen LogP contribution in [0, 0.1) is 6.92 Å². The Bertz CT molecular complexity index is 510. The van der Waals surface area contributed by atoms with E-state index in [-0.39, 0.29) is 0 Å². The van der Waals surface area contributed by atoms with E-state index >= 15 is 0 Å². The van der Waals surface area contributed by atoms with E-state index in [0.29, 0.717) is 6.54 Å². The number of rotatable bonds is 6. The maximum atomic E-state index is 10.3. The SMILES string of the molecule is CCN(Cc1ccncc1)CC(O)c1ccc(C)cc1. The van der Waals surface area contributed by atoms with Crippen molar-refractivity contribution in [2.45, 2.75) is 26.5 Å². The van der Waals surface area contributed by atoms with Gasteiger partial charge in [0.2, 0.25) is 0 Å². The van der Waals surface area contributed by atoms with Gasteiger partial charge in [0.25, 0.3) is 0 Å². The topological polar surface area (TPSA) is 36.4 Å². The normalized spacial score (nSPS) is 12.6. The second kappa shape index (κ2) is 7.17. The molecule has 1 aromatic carbocycles. The van der Waals surface area contributed by atoms with Crippen molar-refractivity contribution in [3.8, 4) is 0 Å². The zero-order valence-corrected chi connectivity index (χ0v) is 12.2. The first kappa shape index (κ1) is 14.7. The molecule has 1 heterocycles. The molecule has 0 saturated heterocycles. The van der Waals surface area contributed by atoms with Gasteiger partial charge < -0.3 is 5.11 Å². The first-order valence-electron chi connectivity index (χ1n) is 7.05. The highest BCUT2D eigenvalue weighted by Gasteiger charge is 2.12. The van der Waals surface area contributed by atoms with Gasteiger partial charge in [0.1, 0.15) is 0 Å². The number of aromatic nitrogens is 1. The lowest BCUT2D eigenvalue weighted by molar-refractivity contribution is 0.112. The van der Waals surface area contributed by atoms with Crippen molar-refractivity contribution in [1.82, 2.24) is 9.88 Å². The summed E-state index contributed by atoms with van der Waals surface area (Å²) in [6.45, 7) is 6.55. The maximum Gasteiger partial charge on any atom is 0.0917 e. The van der Waals surface area contributed by atoms with E-state index in [0.717, 1.165) is 18.7 Å². The van der Waals surface area contributed by atoms with Crippen LogP contribution in [-0.4, -0.2) is 28.1 Å². The Hall–Kier alpha value is -1.71. The molecule has 1 atom stereocenters. The second-order valence-corrected chi connectivity index (χ2v) is 5.11. The summed E-state index contributed by atoms with van der Waals surface area (Å²) in [4.78, 5) is 6.26. The van der Waals surface area contributed by atoms with E-state index in [1.54, 1.807) is 12.4 Å². The Labute approximate surface area is 120 Å². The first-order valence-corrected chi connectivity index (χ1v) is 7.05. The standard InChI is InChI=1S/C17H22N2O/c1-3-19(12-15-8-10-18-11-9-15)13-17(20)16-6-4-14(2)5-7-16/h4-11,17,20H,3,12-13H2,1-2H3. The third-order valence-electron chi connectivity index (χ3n) is 3.50. The first-order chi connectivity index (χ1) is 9.69. The number of hydrogen-bond acceptors (Lipinski definition) is 3. The van der Waals surface area contributed by atoms with Crippen LogP contribution in [0.5, 0.6) is 0 Å². The number of hydrogen-bond donors (Lipinski definition) is 1. The molecular formula is C17H22N2O. The molecule has 0 fully saturated rings. The van der Waals surface area contributed by atoms with Crippen molar-refractivity contribution in [1.29, 1.82) is 0 Å². The molecule has 2 aromatic rings. The molecule has 3 nitrogen and oxygen atoms in total. The van der Waals surface area contributed by atoms with Crippen LogP contribution in [0.4, 0.5) is 0 Å². The molecule has 0 aliphatic carbocycles. The Kier molecular flexibility index (Phi) is 5.27. The van der Waals surface area contributed by atoms with E-state index < -0.39 is 6.10 Å². The van der Waals surface area contributed by atoms with Gasteiger partial charge in [0.05, 0.1) is 6.10 Å². The molecule has 2 rings (SSSR count). The Balaban J connectivity index is 1.97. The van der Waals surface area contributed by atoms with Crippen LogP contribution in [0.3, 0.4) is 0 Å². The molecule has 0 saturated carbocycles. The summed E-state index contributed by atoms with van der Waals surface area (Å²) < 4.78 is 0.